The third-order valence-corrected chi connectivity index (χ3v) is 13.3. The first-order chi connectivity index (χ1) is 7.93. The van der Waals surface area contributed by atoms with E-state index >= 15 is 0 Å². The van der Waals surface area contributed by atoms with E-state index in [1.165, 1.54) is 25.3 Å². The van der Waals surface area contributed by atoms with Crippen LogP contribution in [-0.2, 0) is 0 Å². The Hall–Kier alpha value is 0.247. The van der Waals surface area contributed by atoms with Crippen molar-refractivity contribution in [2.45, 2.75) is 64.1 Å². The number of halogens is 1. The normalized spacial score (nSPS) is 32.1. The lowest BCUT2D eigenvalue weighted by atomic mass is 9.91. The molecule has 0 aromatic heterocycles. The summed E-state index contributed by atoms with van der Waals surface area (Å²) in [6.45, 7) is 9.33. The van der Waals surface area contributed by atoms with E-state index in [0.29, 0.717) is 11.1 Å². The maximum Gasteiger partial charge on any atom is 0.161 e. The quantitative estimate of drug-likeness (QED) is 0.347. The summed E-state index contributed by atoms with van der Waals surface area (Å²) < 4.78 is 0. The van der Waals surface area contributed by atoms with Crippen LogP contribution in [0, 0.1) is 17.8 Å². The van der Waals surface area contributed by atoms with Crippen LogP contribution < -0.4 is 0 Å². The van der Waals surface area contributed by atoms with Gasteiger partial charge in [-0.15, -0.1) is 0 Å². The molecule has 0 aromatic carbocycles. The van der Waals surface area contributed by atoms with Crippen LogP contribution in [0.15, 0.2) is 12.2 Å². The minimum Gasteiger partial charge on any atom is -0.166 e. The maximum atomic E-state index is 7.01. The summed E-state index contributed by atoms with van der Waals surface area (Å²) in [6, 6.07) is 1.33. The molecule has 0 amide bonds. The fourth-order valence-corrected chi connectivity index (χ4v) is 7.51. The fraction of sp³-hybridized carbons (Fsp3) is 0.867. The summed E-state index contributed by atoms with van der Waals surface area (Å²) in [4.78, 5) is 0. The van der Waals surface area contributed by atoms with Gasteiger partial charge in [-0.2, -0.15) is 11.1 Å². The lowest BCUT2D eigenvalue weighted by molar-refractivity contribution is 0.431. The second kappa shape index (κ2) is 5.09. The Morgan fingerprint density at radius 3 is 2.18 bits per heavy atom. The molecule has 3 unspecified atom stereocenters. The molecule has 2 aliphatic carbocycles. The van der Waals surface area contributed by atoms with Gasteiger partial charge < -0.3 is 0 Å². The predicted octanol–water partition coefficient (Wildman–Crippen LogP) is 5.59. The molecule has 1 saturated carbocycles. The van der Waals surface area contributed by atoms with Crippen molar-refractivity contribution in [3.8, 4) is 0 Å². The van der Waals surface area contributed by atoms with Crippen molar-refractivity contribution in [1.29, 1.82) is 0 Å². The predicted molar refractivity (Wildman–Crippen MR) is 80.1 cm³/mol. The summed E-state index contributed by atoms with van der Waals surface area (Å²) >= 11 is 7.01. The van der Waals surface area contributed by atoms with Gasteiger partial charge in [-0.05, 0) is 47.7 Å². The Labute approximate surface area is 113 Å². The minimum absolute atomic E-state index is 0.707. The Kier molecular flexibility index (Phi) is 4.09. The zero-order valence-electron chi connectivity index (χ0n) is 11.7. The van der Waals surface area contributed by atoms with E-state index in [-0.39, 0.29) is 0 Å². The summed E-state index contributed by atoms with van der Waals surface area (Å²) in [7, 11) is -1.55. The van der Waals surface area contributed by atoms with Gasteiger partial charge in [0, 0.05) is 0 Å². The highest BCUT2D eigenvalue weighted by molar-refractivity contribution is 7.21. The average Bonchev–Trinajstić information content (AvgIpc) is 2.86. The van der Waals surface area contributed by atoms with Crippen LogP contribution in [0.5, 0.6) is 0 Å². The molecular formula is C15H27ClSi. The van der Waals surface area contributed by atoms with E-state index in [1.54, 1.807) is 0 Å². The lowest BCUT2D eigenvalue weighted by Crippen LogP contribution is -2.35. The topological polar surface area (TPSA) is 0 Å². The smallest absolute Gasteiger partial charge is 0.161 e. The summed E-state index contributed by atoms with van der Waals surface area (Å²) in [5, 5.41) is 0. The number of allylic oxidation sites excluding steroid dienone is 2. The summed E-state index contributed by atoms with van der Waals surface area (Å²) in [6.07, 6.45) is 9.18. The van der Waals surface area contributed by atoms with Gasteiger partial charge in [-0.1, -0.05) is 46.3 Å². The number of hydrogen-bond donors (Lipinski definition) is 0. The van der Waals surface area contributed by atoms with Crippen LogP contribution in [-0.4, -0.2) is 7.38 Å². The molecule has 0 heterocycles. The van der Waals surface area contributed by atoms with Gasteiger partial charge in [-0.25, -0.2) is 0 Å². The van der Waals surface area contributed by atoms with E-state index in [9.17, 15) is 0 Å². The second-order valence-electron chi connectivity index (χ2n) is 6.82. The zero-order valence-corrected chi connectivity index (χ0v) is 13.5. The molecule has 3 atom stereocenters. The van der Waals surface area contributed by atoms with Gasteiger partial charge in [0.15, 0.2) is 7.38 Å². The molecule has 0 aliphatic heterocycles. The Morgan fingerprint density at radius 2 is 1.76 bits per heavy atom. The molecule has 2 heteroatoms. The lowest BCUT2D eigenvalue weighted by Gasteiger charge is -2.34. The molecule has 0 nitrogen and oxygen atoms in total. The average molecular weight is 271 g/mol. The van der Waals surface area contributed by atoms with Gasteiger partial charge in [0.2, 0.25) is 0 Å². The molecule has 1 fully saturated rings. The zero-order chi connectivity index (χ0) is 12.6. The molecule has 0 N–H and O–H groups in total. The largest absolute Gasteiger partial charge is 0.166 e. The monoisotopic (exact) mass is 270 g/mol. The highest BCUT2D eigenvalue weighted by atomic mass is 35.6. The minimum atomic E-state index is -1.55. The maximum absolute atomic E-state index is 7.01. The number of rotatable bonds is 5. The van der Waals surface area contributed by atoms with Crippen LogP contribution in [0.25, 0.3) is 0 Å². The Balaban J connectivity index is 1.90. The van der Waals surface area contributed by atoms with Gasteiger partial charge >= 0.3 is 0 Å². The van der Waals surface area contributed by atoms with Crippen molar-refractivity contribution in [2.24, 2.45) is 17.8 Å². The SMILES string of the molecule is CC(C)[Si](Cl)(CCC1CC2C=CC1C2)C(C)C. The van der Waals surface area contributed by atoms with Gasteiger partial charge in [-0.3, -0.25) is 0 Å². The van der Waals surface area contributed by atoms with Crippen molar-refractivity contribution in [2.75, 3.05) is 0 Å². The van der Waals surface area contributed by atoms with Gasteiger partial charge in [0.25, 0.3) is 0 Å². The van der Waals surface area contributed by atoms with Crippen molar-refractivity contribution in [3.63, 3.8) is 0 Å². The van der Waals surface area contributed by atoms with Crippen molar-refractivity contribution in [3.05, 3.63) is 12.2 Å². The van der Waals surface area contributed by atoms with Crippen LogP contribution >= 0.6 is 11.1 Å². The van der Waals surface area contributed by atoms with E-state index in [1.807, 2.05) is 0 Å². The molecule has 0 spiro atoms. The molecule has 0 aromatic rings. The number of fused-ring (bicyclic) bond motifs is 2. The van der Waals surface area contributed by atoms with Crippen molar-refractivity contribution >= 4 is 18.5 Å². The van der Waals surface area contributed by atoms with Crippen LogP contribution in [0.4, 0.5) is 0 Å². The van der Waals surface area contributed by atoms with Crippen LogP contribution in [0.1, 0.15) is 47.0 Å². The van der Waals surface area contributed by atoms with Crippen LogP contribution in [0.3, 0.4) is 0 Å². The standard InChI is InChI=1S/C15H27ClSi/c1-11(2)17(16,12(3)4)8-7-15-10-13-5-6-14(15)9-13/h5-6,11-15H,7-10H2,1-4H3. The van der Waals surface area contributed by atoms with E-state index in [0.717, 1.165) is 17.8 Å². The highest BCUT2D eigenvalue weighted by Crippen LogP contribution is 2.48. The molecular weight excluding hydrogens is 244 g/mol. The summed E-state index contributed by atoms with van der Waals surface area (Å²) in [5.74, 6) is 2.76. The summed E-state index contributed by atoms with van der Waals surface area (Å²) in [5.41, 5.74) is 1.41. The number of hydrogen-bond acceptors (Lipinski definition) is 0. The molecule has 2 rings (SSSR count). The molecule has 17 heavy (non-hydrogen) atoms. The molecule has 2 aliphatic rings. The Bertz CT molecular complexity index is 287. The van der Waals surface area contributed by atoms with E-state index in [2.05, 4.69) is 39.8 Å². The first kappa shape index (κ1) is 13.7. The third kappa shape index (κ3) is 2.65. The molecule has 0 saturated heterocycles. The van der Waals surface area contributed by atoms with E-state index in [4.69, 9.17) is 11.1 Å². The van der Waals surface area contributed by atoms with E-state index < -0.39 is 7.38 Å². The van der Waals surface area contributed by atoms with Gasteiger partial charge in [0.1, 0.15) is 0 Å². The Morgan fingerprint density at radius 1 is 1.12 bits per heavy atom. The first-order valence-electron chi connectivity index (χ1n) is 7.30. The molecule has 0 radical (unpaired) electrons. The third-order valence-electron chi connectivity index (χ3n) is 5.23. The van der Waals surface area contributed by atoms with Crippen molar-refractivity contribution < 1.29 is 0 Å². The van der Waals surface area contributed by atoms with Gasteiger partial charge in [0.05, 0.1) is 0 Å². The first-order valence-corrected chi connectivity index (χ1v) is 10.7. The molecule has 98 valence electrons. The van der Waals surface area contributed by atoms with Crippen LogP contribution in [0.2, 0.25) is 17.1 Å². The second-order valence-corrected chi connectivity index (χ2v) is 13.6. The molecule has 2 bridgehead atoms. The highest BCUT2D eigenvalue weighted by Gasteiger charge is 2.41. The fourth-order valence-electron chi connectivity index (χ4n) is 3.88. The van der Waals surface area contributed by atoms with Crippen molar-refractivity contribution in [1.82, 2.24) is 0 Å².